The molecule has 0 aromatic heterocycles. The second kappa shape index (κ2) is 12.8. The maximum atomic E-state index is 13.0. The molecule has 3 nitrogen and oxygen atoms in total. The van der Waals surface area contributed by atoms with Crippen LogP contribution in [0.15, 0.2) is 66.7 Å². The molecule has 0 amide bonds. The van der Waals surface area contributed by atoms with Crippen molar-refractivity contribution in [1.82, 2.24) is 0 Å². The van der Waals surface area contributed by atoms with Gasteiger partial charge in [-0.1, -0.05) is 88.2 Å². The maximum Gasteiger partial charge on any atom is 0.158 e. The Hall–Kier alpha value is -3.04. The largest absolute Gasteiger partial charge is 0.494 e. The SMILES string of the molecule is CCC.CCC(C)C(=O)/C=C1/CC(c2cccc(NC)c2OC)c2cc(Cl)ccc2-c2ccccc21. The van der Waals surface area contributed by atoms with Crippen LogP contribution in [0.1, 0.15) is 69.6 Å². The van der Waals surface area contributed by atoms with Gasteiger partial charge in [0.2, 0.25) is 0 Å². The molecule has 1 aliphatic rings. The normalized spacial score (nSPS) is 16.1. The topological polar surface area (TPSA) is 38.3 Å². The minimum atomic E-state index is -0.0228. The predicted octanol–water partition coefficient (Wildman–Crippen LogP) is 9.01. The highest BCUT2D eigenvalue weighted by molar-refractivity contribution is 6.30. The predicted molar refractivity (Wildman–Crippen MR) is 154 cm³/mol. The molecule has 0 saturated heterocycles. The first-order valence-electron chi connectivity index (χ1n) is 12.9. The molecule has 0 bridgehead atoms. The molecule has 0 heterocycles. The van der Waals surface area contributed by atoms with Crippen LogP contribution in [0.2, 0.25) is 5.02 Å². The summed E-state index contributed by atoms with van der Waals surface area (Å²) in [6, 6.07) is 20.6. The molecule has 3 aromatic carbocycles. The summed E-state index contributed by atoms with van der Waals surface area (Å²) in [5, 5.41) is 3.94. The van der Waals surface area contributed by atoms with Gasteiger partial charge < -0.3 is 10.1 Å². The van der Waals surface area contributed by atoms with Gasteiger partial charge in [0, 0.05) is 29.5 Å². The average molecular weight is 504 g/mol. The fourth-order valence-corrected chi connectivity index (χ4v) is 4.87. The van der Waals surface area contributed by atoms with Gasteiger partial charge in [-0.3, -0.25) is 4.79 Å². The molecular weight excluding hydrogens is 466 g/mol. The summed E-state index contributed by atoms with van der Waals surface area (Å²) in [7, 11) is 3.60. The number of carbonyl (C=O) groups excluding carboxylic acids is 1. The third-order valence-electron chi connectivity index (χ3n) is 6.69. The molecule has 2 atom stereocenters. The lowest BCUT2D eigenvalue weighted by Crippen LogP contribution is -2.09. The van der Waals surface area contributed by atoms with E-state index in [2.05, 4.69) is 56.4 Å². The van der Waals surface area contributed by atoms with E-state index in [9.17, 15) is 4.79 Å². The van der Waals surface area contributed by atoms with Crippen LogP contribution in [0.25, 0.3) is 16.7 Å². The van der Waals surface area contributed by atoms with E-state index in [-0.39, 0.29) is 17.6 Å². The molecule has 3 aromatic rings. The molecule has 4 heteroatoms. The van der Waals surface area contributed by atoms with E-state index in [4.69, 9.17) is 16.3 Å². The summed E-state index contributed by atoms with van der Waals surface area (Å²) in [5.74, 6) is 0.950. The van der Waals surface area contributed by atoms with Crippen LogP contribution in [-0.2, 0) is 4.79 Å². The number of halogens is 1. The second-order valence-corrected chi connectivity index (χ2v) is 9.74. The summed E-state index contributed by atoms with van der Waals surface area (Å²) in [5.41, 5.74) is 7.55. The molecule has 36 heavy (non-hydrogen) atoms. The lowest BCUT2D eigenvalue weighted by Gasteiger charge is -2.23. The zero-order valence-corrected chi connectivity index (χ0v) is 23.1. The van der Waals surface area contributed by atoms with E-state index < -0.39 is 0 Å². The summed E-state index contributed by atoms with van der Waals surface area (Å²) in [6.45, 7) is 8.30. The van der Waals surface area contributed by atoms with Crippen LogP contribution >= 0.6 is 11.6 Å². The zero-order valence-electron chi connectivity index (χ0n) is 22.3. The number of carbonyl (C=O) groups is 1. The molecule has 0 fully saturated rings. The van der Waals surface area contributed by atoms with E-state index >= 15 is 0 Å². The van der Waals surface area contributed by atoms with Crippen molar-refractivity contribution in [3.05, 3.63) is 88.5 Å². The summed E-state index contributed by atoms with van der Waals surface area (Å²) < 4.78 is 5.87. The van der Waals surface area contributed by atoms with Crippen molar-refractivity contribution in [2.75, 3.05) is 19.5 Å². The molecule has 0 radical (unpaired) electrons. The minimum absolute atomic E-state index is 0.00894. The highest BCUT2D eigenvalue weighted by Crippen LogP contribution is 2.49. The van der Waals surface area contributed by atoms with Gasteiger partial charge in [-0.05, 0) is 64.9 Å². The molecule has 0 saturated carbocycles. The molecular formula is C32H38ClNO2. The number of hydrogen-bond donors (Lipinski definition) is 1. The number of hydrogen-bond acceptors (Lipinski definition) is 3. The monoisotopic (exact) mass is 503 g/mol. The first-order valence-corrected chi connectivity index (χ1v) is 13.3. The van der Waals surface area contributed by atoms with Crippen molar-refractivity contribution < 1.29 is 9.53 Å². The molecule has 0 aliphatic heterocycles. The molecule has 4 rings (SSSR count). The molecule has 190 valence electrons. The smallest absolute Gasteiger partial charge is 0.158 e. The molecule has 1 N–H and O–H groups in total. The van der Waals surface area contributed by atoms with Gasteiger partial charge in [-0.15, -0.1) is 0 Å². The molecule has 2 unspecified atom stereocenters. The van der Waals surface area contributed by atoms with Crippen molar-refractivity contribution in [3.8, 4) is 16.9 Å². The average Bonchev–Trinajstić information content (AvgIpc) is 3.02. The van der Waals surface area contributed by atoms with E-state index in [0.717, 1.165) is 51.2 Å². The Morgan fingerprint density at radius 3 is 2.36 bits per heavy atom. The Kier molecular flexibility index (Phi) is 9.78. The lowest BCUT2D eigenvalue weighted by atomic mass is 9.83. The van der Waals surface area contributed by atoms with Crippen molar-refractivity contribution >= 4 is 28.6 Å². The van der Waals surface area contributed by atoms with Crippen LogP contribution in [0.3, 0.4) is 0 Å². The van der Waals surface area contributed by atoms with Gasteiger partial charge in [0.05, 0.1) is 12.8 Å². The third-order valence-corrected chi connectivity index (χ3v) is 6.92. The van der Waals surface area contributed by atoms with Crippen LogP contribution in [0, 0.1) is 5.92 Å². The van der Waals surface area contributed by atoms with Crippen LogP contribution in [0.4, 0.5) is 5.69 Å². The Morgan fingerprint density at radius 1 is 1.03 bits per heavy atom. The first kappa shape index (κ1) is 27.5. The second-order valence-electron chi connectivity index (χ2n) is 9.30. The Morgan fingerprint density at radius 2 is 1.72 bits per heavy atom. The number of ether oxygens (including phenoxy) is 1. The standard InChI is InChI=1S/C29H30ClNO2.C3H8/c1-5-18(2)28(32)16-19-15-25(24-11-8-12-27(31-3)29(24)33-4)26-17-20(30)13-14-23(26)22-10-7-6-9-21(19)22;1-3-2/h6-14,16-18,25,31H,5,15H2,1-4H3;3H2,1-2H3/b19-16-;. The van der Waals surface area contributed by atoms with Gasteiger partial charge in [0.15, 0.2) is 5.78 Å². The Balaban J connectivity index is 0.00000115. The maximum absolute atomic E-state index is 13.0. The van der Waals surface area contributed by atoms with Gasteiger partial charge in [0.25, 0.3) is 0 Å². The number of ketones is 1. The highest BCUT2D eigenvalue weighted by atomic mass is 35.5. The van der Waals surface area contributed by atoms with Crippen molar-refractivity contribution in [2.24, 2.45) is 5.92 Å². The third kappa shape index (κ3) is 5.84. The van der Waals surface area contributed by atoms with Crippen molar-refractivity contribution in [3.63, 3.8) is 0 Å². The molecule has 0 spiro atoms. The zero-order chi connectivity index (χ0) is 26.2. The summed E-state index contributed by atoms with van der Waals surface area (Å²) in [4.78, 5) is 13.0. The lowest BCUT2D eigenvalue weighted by molar-refractivity contribution is -0.117. The van der Waals surface area contributed by atoms with Crippen LogP contribution in [-0.4, -0.2) is 19.9 Å². The van der Waals surface area contributed by atoms with E-state index in [1.165, 1.54) is 6.42 Å². The fraction of sp³-hybridized carbons (Fsp3) is 0.344. The number of methoxy groups -OCH3 is 1. The quantitative estimate of drug-likeness (QED) is 0.341. The van der Waals surface area contributed by atoms with Crippen molar-refractivity contribution in [1.29, 1.82) is 0 Å². The molecule has 1 aliphatic carbocycles. The number of fused-ring (bicyclic) bond motifs is 3. The minimum Gasteiger partial charge on any atom is -0.494 e. The van der Waals surface area contributed by atoms with E-state index in [0.29, 0.717) is 11.4 Å². The van der Waals surface area contributed by atoms with Crippen LogP contribution in [0.5, 0.6) is 5.75 Å². The van der Waals surface area contributed by atoms with E-state index in [1.54, 1.807) is 7.11 Å². The van der Waals surface area contributed by atoms with E-state index in [1.807, 2.05) is 50.4 Å². The first-order chi connectivity index (χ1) is 17.4. The number of nitrogens with one attached hydrogen (secondary N) is 1. The summed E-state index contributed by atoms with van der Waals surface area (Å²) >= 11 is 6.51. The summed E-state index contributed by atoms with van der Waals surface area (Å²) in [6.07, 6.45) is 4.61. The Labute approximate surface area is 221 Å². The number of para-hydroxylation sites is 1. The van der Waals surface area contributed by atoms with Gasteiger partial charge in [-0.2, -0.15) is 0 Å². The van der Waals surface area contributed by atoms with Gasteiger partial charge in [0.1, 0.15) is 5.75 Å². The highest BCUT2D eigenvalue weighted by Gasteiger charge is 2.29. The van der Waals surface area contributed by atoms with Gasteiger partial charge in [-0.25, -0.2) is 0 Å². The number of rotatable bonds is 6. The van der Waals surface area contributed by atoms with Crippen molar-refractivity contribution in [2.45, 2.75) is 52.9 Å². The Bertz CT molecular complexity index is 1230. The fourth-order valence-electron chi connectivity index (χ4n) is 4.69. The van der Waals surface area contributed by atoms with Crippen LogP contribution < -0.4 is 10.1 Å². The number of anilines is 1. The number of allylic oxidation sites excluding steroid dienone is 2. The van der Waals surface area contributed by atoms with Gasteiger partial charge >= 0.3 is 0 Å². The number of benzene rings is 3.